The summed E-state index contributed by atoms with van der Waals surface area (Å²) in [7, 11) is 0. The molecule has 1 rings (SSSR count). The van der Waals surface area contributed by atoms with E-state index >= 15 is 0 Å². The van der Waals surface area contributed by atoms with Crippen LogP contribution in [0, 0.1) is 18.3 Å². The standard InChI is InChI=1S/C33H51N3O6/c1-9-12-13-14-15-16-23-36(31(39)28(24(4)5)35-32(40)42-33(6,7)8)29(26-19-17-25(10-2)18-20-26)30(38)34-22-21-27(37)41-11-3/h2,17-20,24,28-29H,9,11-16,21-23H2,1,3-8H3,(H,34,38)(H,35,40). The lowest BCUT2D eigenvalue weighted by Crippen LogP contribution is -2.55. The van der Waals surface area contributed by atoms with Crippen LogP contribution in [-0.4, -0.2) is 60.1 Å². The summed E-state index contributed by atoms with van der Waals surface area (Å²) in [6.07, 6.45) is 10.8. The fourth-order valence-corrected chi connectivity index (χ4v) is 4.41. The van der Waals surface area contributed by atoms with Gasteiger partial charge in [-0.25, -0.2) is 4.79 Å². The quantitative estimate of drug-likeness (QED) is 0.141. The van der Waals surface area contributed by atoms with E-state index in [-0.39, 0.29) is 25.5 Å². The van der Waals surface area contributed by atoms with Gasteiger partial charge in [0.15, 0.2) is 0 Å². The van der Waals surface area contributed by atoms with Gasteiger partial charge in [0.1, 0.15) is 17.7 Å². The first-order valence-corrected chi connectivity index (χ1v) is 15.1. The van der Waals surface area contributed by atoms with Gasteiger partial charge in [0, 0.05) is 18.7 Å². The van der Waals surface area contributed by atoms with Crippen LogP contribution in [0.5, 0.6) is 0 Å². The SMILES string of the molecule is C#Cc1ccc(C(C(=O)NCCC(=O)OCC)N(CCCCCCCC)C(=O)C(NC(=O)OC(C)(C)C)C(C)C)cc1. The van der Waals surface area contributed by atoms with E-state index in [0.29, 0.717) is 24.1 Å². The molecule has 0 fully saturated rings. The minimum Gasteiger partial charge on any atom is -0.466 e. The Hall–Kier alpha value is -3.54. The first-order chi connectivity index (χ1) is 19.8. The van der Waals surface area contributed by atoms with Gasteiger partial charge in [0.2, 0.25) is 11.8 Å². The maximum Gasteiger partial charge on any atom is 0.408 e. The minimum atomic E-state index is -1.01. The highest BCUT2D eigenvalue weighted by Crippen LogP contribution is 2.25. The number of amides is 3. The molecule has 42 heavy (non-hydrogen) atoms. The van der Waals surface area contributed by atoms with Gasteiger partial charge in [-0.15, -0.1) is 6.42 Å². The number of nitrogens with zero attached hydrogens (tertiary/aromatic N) is 1. The van der Waals surface area contributed by atoms with Crippen LogP contribution in [0.15, 0.2) is 24.3 Å². The molecule has 0 aliphatic rings. The van der Waals surface area contributed by atoms with Gasteiger partial charge in [-0.2, -0.15) is 0 Å². The van der Waals surface area contributed by atoms with Gasteiger partial charge >= 0.3 is 12.1 Å². The number of carbonyl (C=O) groups excluding carboxylic acids is 4. The van der Waals surface area contributed by atoms with E-state index in [9.17, 15) is 19.2 Å². The number of hydrogen-bond acceptors (Lipinski definition) is 6. The van der Waals surface area contributed by atoms with Crippen molar-refractivity contribution in [1.29, 1.82) is 0 Å². The van der Waals surface area contributed by atoms with Crippen LogP contribution in [0.25, 0.3) is 0 Å². The Labute approximate surface area is 252 Å². The smallest absolute Gasteiger partial charge is 0.408 e. The van der Waals surface area contributed by atoms with Gasteiger partial charge in [-0.1, -0.05) is 70.9 Å². The van der Waals surface area contributed by atoms with E-state index < -0.39 is 41.6 Å². The molecule has 0 aliphatic carbocycles. The van der Waals surface area contributed by atoms with Crippen LogP contribution in [0.3, 0.4) is 0 Å². The van der Waals surface area contributed by atoms with Crippen LogP contribution < -0.4 is 10.6 Å². The number of esters is 1. The third-order valence-electron chi connectivity index (χ3n) is 6.53. The molecule has 9 heteroatoms. The summed E-state index contributed by atoms with van der Waals surface area (Å²) in [5.74, 6) is 1.03. The summed E-state index contributed by atoms with van der Waals surface area (Å²) in [6.45, 7) is 13.4. The zero-order chi connectivity index (χ0) is 31.7. The van der Waals surface area contributed by atoms with Crippen LogP contribution in [0.1, 0.15) is 111 Å². The zero-order valence-electron chi connectivity index (χ0n) is 26.6. The van der Waals surface area contributed by atoms with Crippen molar-refractivity contribution in [2.24, 2.45) is 5.92 Å². The first-order valence-electron chi connectivity index (χ1n) is 15.1. The fourth-order valence-electron chi connectivity index (χ4n) is 4.41. The Morgan fingerprint density at radius 2 is 1.60 bits per heavy atom. The van der Waals surface area contributed by atoms with Gasteiger partial charge in [0.25, 0.3) is 0 Å². The molecule has 9 nitrogen and oxygen atoms in total. The number of rotatable bonds is 17. The second kappa shape index (κ2) is 18.8. The lowest BCUT2D eigenvalue weighted by atomic mass is 9.97. The Morgan fingerprint density at radius 3 is 2.14 bits per heavy atom. The molecule has 3 amide bonds. The summed E-state index contributed by atoms with van der Waals surface area (Å²) >= 11 is 0. The minimum absolute atomic E-state index is 0.00250. The van der Waals surface area contributed by atoms with Gasteiger partial charge in [-0.3, -0.25) is 14.4 Å². The third-order valence-corrected chi connectivity index (χ3v) is 6.53. The molecule has 2 N–H and O–H groups in total. The Kier molecular flexibility index (Phi) is 16.3. The molecule has 0 saturated carbocycles. The number of ether oxygens (including phenoxy) is 2. The molecule has 0 saturated heterocycles. The van der Waals surface area contributed by atoms with Crippen LogP contribution >= 0.6 is 0 Å². The number of hydrogen-bond donors (Lipinski definition) is 2. The second-order valence-electron chi connectivity index (χ2n) is 11.7. The summed E-state index contributed by atoms with van der Waals surface area (Å²) in [5, 5.41) is 5.54. The van der Waals surface area contributed by atoms with Gasteiger partial charge < -0.3 is 25.0 Å². The van der Waals surface area contributed by atoms with Crippen LogP contribution in [0.4, 0.5) is 4.79 Å². The van der Waals surface area contributed by atoms with Gasteiger partial charge in [-0.05, 0) is 57.7 Å². The van der Waals surface area contributed by atoms with E-state index in [4.69, 9.17) is 15.9 Å². The number of unbranched alkanes of at least 4 members (excludes halogenated alkanes) is 5. The molecule has 2 unspecified atom stereocenters. The summed E-state index contributed by atoms with van der Waals surface area (Å²) in [5.41, 5.74) is 0.467. The first kappa shape index (κ1) is 36.5. The molecule has 234 valence electrons. The largest absolute Gasteiger partial charge is 0.466 e. The van der Waals surface area contributed by atoms with Crippen molar-refractivity contribution in [3.63, 3.8) is 0 Å². The Balaban J connectivity index is 3.42. The number of nitrogens with one attached hydrogen (secondary N) is 2. The molecule has 2 atom stereocenters. The van der Waals surface area contributed by atoms with E-state index in [1.807, 2.05) is 13.8 Å². The average Bonchev–Trinajstić information content (AvgIpc) is 2.91. The zero-order valence-corrected chi connectivity index (χ0v) is 26.6. The van der Waals surface area contributed by atoms with Crippen LogP contribution in [0.2, 0.25) is 0 Å². The van der Waals surface area contributed by atoms with Crippen molar-refractivity contribution < 1.29 is 28.7 Å². The van der Waals surface area contributed by atoms with Crippen LogP contribution in [-0.2, 0) is 23.9 Å². The maximum atomic E-state index is 14.2. The molecule has 0 radical (unpaired) electrons. The highest BCUT2D eigenvalue weighted by Gasteiger charge is 2.37. The Morgan fingerprint density at radius 1 is 0.976 bits per heavy atom. The molecule has 1 aromatic rings. The van der Waals surface area contributed by atoms with E-state index in [0.717, 1.165) is 32.1 Å². The van der Waals surface area contributed by atoms with Crippen molar-refractivity contribution in [1.82, 2.24) is 15.5 Å². The van der Waals surface area contributed by atoms with Crippen molar-refractivity contribution in [3.8, 4) is 12.3 Å². The molecule has 0 aromatic heterocycles. The monoisotopic (exact) mass is 585 g/mol. The summed E-state index contributed by atoms with van der Waals surface area (Å²) in [6, 6.07) is 4.97. The molecule has 0 bridgehead atoms. The molecule has 0 heterocycles. The lowest BCUT2D eigenvalue weighted by Gasteiger charge is -2.35. The van der Waals surface area contributed by atoms with Crippen molar-refractivity contribution in [2.45, 2.75) is 111 Å². The van der Waals surface area contributed by atoms with E-state index in [1.165, 1.54) is 4.90 Å². The maximum absolute atomic E-state index is 14.2. The molecular formula is C33H51N3O6. The molecular weight excluding hydrogens is 534 g/mol. The third kappa shape index (κ3) is 13.4. The number of carbonyl (C=O) groups is 4. The number of benzene rings is 1. The summed E-state index contributed by atoms with van der Waals surface area (Å²) < 4.78 is 10.4. The van der Waals surface area contributed by atoms with Crippen molar-refractivity contribution in [3.05, 3.63) is 35.4 Å². The van der Waals surface area contributed by atoms with Crippen molar-refractivity contribution in [2.75, 3.05) is 19.7 Å². The van der Waals surface area contributed by atoms with E-state index in [1.54, 1.807) is 52.0 Å². The highest BCUT2D eigenvalue weighted by molar-refractivity contribution is 5.92. The topological polar surface area (TPSA) is 114 Å². The molecule has 1 aromatic carbocycles. The number of alkyl carbamates (subject to hydrolysis) is 1. The van der Waals surface area contributed by atoms with Crippen molar-refractivity contribution >= 4 is 23.9 Å². The molecule has 0 spiro atoms. The predicted molar refractivity (Wildman–Crippen MR) is 164 cm³/mol. The normalized spacial score (nSPS) is 12.5. The second-order valence-corrected chi connectivity index (χ2v) is 11.7. The average molecular weight is 586 g/mol. The molecule has 0 aliphatic heterocycles. The van der Waals surface area contributed by atoms with Gasteiger partial charge in [0.05, 0.1) is 13.0 Å². The lowest BCUT2D eigenvalue weighted by molar-refractivity contribution is -0.144. The van der Waals surface area contributed by atoms with E-state index in [2.05, 4.69) is 23.5 Å². The Bertz CT molecular complexity index is 1040. The summed E-state index contributed by atoms with van der Waals surface area (Å²) in [4.78, 5) is 54.1. The fraction of sp³-hybridized carbons (Fsp3) is 0.636. The number of terminal acetylenes is 1. The predicted octanol–water partition coefficient (Wildman–Crippen LogP) is 5.52. The highest BCUT2D eigenvalue weighted by atomic mass is 16.6.